The monoisotopic (exact) mass is 495 g/mol. The number of rotatable bonds is 28. The normalized spacial score (nSPS) is 12.4. The van der Waals surface area contributed by atoms with Gasteiger partial charge in [0, 0.05) is 6.42 Å². The van der Waals surface area contributed by atoms with E-state index in [9.17, 15) is 4.79 Å². The lowest BCUT2D eigenvalue weighted by atomic mass is 9.94. The molecule has 0 amide bonds. The van der Waals surface area contributed by atoms with Crippen LogP contribution in [0.1, 0.15) is 188 Å². The molecule has 0 aliphatic rings. The number of unbranched alkanes of at least 4 members (excludes halogenated alkanes) is 18. The van der Waals surface area contributed by atoms with Crippen LogP contribution in [0.3, 0.4) is 0 Å². The van der Waals surface area contributed by atoms with Crippen LogP contribution in [0.2, 0.25) is 0 Å². The van der Waals surface area contributed by atoms with Gasteiger partial charge in [-0.05, 0) is 31.1 Å². The van der Waals surface area contributed by atoms with Gasteiger partial charge in [-0.1, -0.05) is 163 Å². The summed E-state index contributed by atoms with van der Waals surface area (Å²) in [5.74, 6) is 1.47. The van der Waals surface area contributed by atoms with Gasteiger partial charge in [-0.3, -0.25) is 4.79 Å². The predicted octanol–water partition coefficient (Wildman–Crippen LogP) is 11.6. The predicted molar refractivity (Wildman–Crippen MR) is 156 cm³/mol. The minimum absolute atomic E-state index is 0.0470. The van der Waals surface area contributed by atoms with Crippen molar-refractivity contribution in [3.05, 3.63) is 0 Å². The Morgan fingerprint density at radius 2 is 0.886 bits per heavy atom. The van der Waals surface area contributed by atoms with Gasteiger partial charge in [0.25, 0.3) is 0 Å². The minimum atomic E-state index is 0.0470. The second kappa shape index (κ2) is 28.0. The lowest BCUT2D eigenvalue weighted by Crippen LogP contribution is -2.14. The van der Waals surface area contributed by atoms with Gasteiger partial charge in [0.05, 0.1) is 6.61 Å². The second-order valence-electron chi connectivity index (χ2n) is 11.8. The van der Waals surface area contributed by atoms with E-state index in [0.717, 1.165) is 12.3 Å². The fourth-order valence-electron chi connectivity index (χ4n) is 5.08. The van der Waals surface area contributed by atoms with E-state index >= 15 is 0 Å². The third kappa shape index (κ3) is 27.9. The highest BCUT2D eigenvalue weighted by atomic mass is 16.5. The quantitative estimate of drug-likeness (QED) is 0.0798. The van der Waals surface area contributed by atoms with Crippen molar-refractivity contribution in [1.29, 1.82) is 0 Å². The molecular formula is C33H66O2. The molecule has 0 saturated heterocycles. The Kier molecular flexibility index (Phi) is 27.6. The molecule has 0 radical (unpaired) electrons. The molecule has 0 bridgehead atoms. The van der Waals surface area contributed by atoms with Gasteiger partial charge >= 0.3 is 5.97 Å². The molecule has 0 aromatic rings. The molecule has 1 atom stereocenters. The zero-order valence-corrected chi connectivity index (χ0v) is 24.9. The second-order valence-corrected chi connectivity index (χ2v) is 11.8. The van der Waals surface area contributed by atoms with Crippen LogP contribution in [-0.2, 0) is 9.53 Å². The lowest BCUT2D eigenvalue weighted by Gasteiger charge is -2.17. The van der Waals surface area contributed by atoms with Crippen LogP contribution in [-0.4, -0.2) is 12.6 Å². The Morgan fingerprint density at radius 1 is 0.514 bits per heavy atom. The summed E-state index contributed by atoms with van der Waals surface area (Å²) in [4.78, 5) is 12.3. The Bertz CT molecular complexity index is 417. The molecule has 0 aliphatic carbocycles. The molecule has 1 unspecified atom stereocenters. The van der Waals surface area contributed by atoms with Gasteiger partial charge in [-0.2, -0.15) is 0 Å². The third-order valence-corrected chi connectivity index (χ3v) is 7.57. The molecule has 0 spiro atoms. The Morgan fingerprint density at radius 3 is 1.31 bits per heavy atom. The fourth-order valence-corrected chi connectivity index (χ4v) is 5.08. The Labute approximate surface area is 222 Å². The van der Waals surface area contributed by atoms with Crippen molar-refractivity contribution in [2.45, 2.75) is 188 Å². The third-order valence-electron chi connectivity index (χ3n) is 7.57. The van der Waals surface area contributed by atoms with Gasteiger partial charge in [0.15, 0.2) is 0 Å². The summed E-state index contributed by atoms with van der Waals surface area (Å²) in [5.41, 5.74) is 0. The number of esters is 1. The minimum Gasteiger partial charge on any atom is -0.465 e. The molecule has 0 heterocycles. The molecule has 0 fully saturated rings. The van der Waals surface area contributed by atoms with E-state index in [1.807, 2.05) is 0 Å². The Hall–Kier alpha value is -0.530. The number of carbonyl (C=O) groups is 1. The zero-order valence-electron chi connectivity index (χ0n) is 24.9. The molecule has 2 nitrogen and oxygen atoms in total. The molecule has 0 aliphatic heterocycles. The first-order valence-electron chi connectivity index (χ1n) is 16.3. The van der Waals surface area contributed by atoms with Gasteiger partial charge in [0.1, 0.15) is 0 Å². The summed E-state index contributed by atoms with van der Waals surface area (Å²) in [5, 5.41) is 0. The highest BCUT2D eigenvalue weighted by Gasteiger charge is 2.12. The van der Waals surface area contributed by atoms with Crippen LogP contribution >= 0.6 is 0 Å². The zero-order chi connectivity index (χ0) is 25.8. The van der Waals surface area contributed by atoms with Crippen molar-refractivity contribution in [3.63, 3.8) is 0 Å². The summed E-state index contributed by atoms with van der Waals surface area (Å²) in [6.07, 6.45) is 32.4. The van der Waals surface area contributed by atoms with Crippen LogP contribution in [0.5, 0.6) is 0 Å². The van der Waals surface area contributed by atoms with Crippen molar-refractivity contribution in [3.8, 4) is 0 Å². The first-order valence-corrected chi connectivity index (χ1v) is 16.3. The van der Waals surface area contributed by atoms with Crippen LogP contribution in [0.25, 0.3) is 0 Å². The number of hydrogen-bond donors (Lipinski definition) is 0. The highest BCUT2D eigenvalue weighted by molar-refractivity contribution is 5.69. The maximum absolute atomic E-state index is 12.3. The van der Waals surface area contributed by atoms with E-state index < -0.39 is 0 Å². The van der Waals surface area contributed by atoms with Crippen LogP contribution in [0, 0.1) is 11.8 Å². The van der Waals surface area contributed by atoms with E-state index in [2.05, 4.69) is 27.7 Å². The molecule has 0 N–H and O–H groups in total. The molecular weight excluding hydrogens is 428 g/mol. The maximum Gasteiger partial charge on any atom is 0.305 e. The average molecular weight is 495 g/mol. The SMILES string of the molecule is CCCCCCCCCCC(CCCCCCCC)COC(=O)CCCCCCCCCC(C)C. The van der Waals surface area contributed by atoms with Gasteiger partial charge < -0.3 is 4.74 Å². The molecule has 0 rings (SSSR count). The van der Waals surface area contributed by atoms with Crippen molar-refractivity contribution in [2.75, 3.05) is 6.61 Å². The van der Waals surface area contributed by atoms with Crippen molar-refractivity contribution < 1.29 is 9.53 Å². The summed E-state index contributed by atoms with van der Waals surface area (Å²) in [7, 11) is 0. The smallest absolute Gasteiger partial charge is 0.305 e. The fraction of sp³-hybridized carbons (Fsp3) is 0.970. The van der Waals surface area contributed by atoms with Crippen molar-refractivity contribution in [1.82, 2.24) is 0 Å². The maximum atomic E-state index is 12.3. The topological polar surface area (TPSA) is 26.3 Å². The first kappa shape index (κ1) is 34.5. The summed E-state index contributed by atoms with van der Waals surface area (Å²) < 4.78 is 5.77. The molecule has 0 saturated carbocycles. The molecule has 2 heteroatoms. The summed E-state index contributed by atoms with van der Waals surface area (Å²) in [6, 6.07) is 0. The number of hydrogen-bond acceptors (Lipinski definition) is 2. The van der Waals surface area contributed by atoms with Gasteiger partial charge in [0.2, 0.25) is 0 Å². The molecule has 210 valence electrons. The van der Waals surface area contributed by atoms with Crippen LogP contribution in [0.4, 0.5) is 0 Å². The molecule has 0 aromatic carbocycles. The molecule has 35 heavy (non-hydrogen) atoms. The standard InChI is InChI=1S/C33H66O2/c1-5-7-9-11-13-16-20-24-28-32(27-23-19-12-10-8-6-2)30-35-33(34)29-25-21-17-14-15-18-22-26-31(3)4/h31-32H,5-30H2,1-4H3. The summed E-state index contributed by atoms with van der Waals surface area (Å²) in [6.45, 7) is 9.86. The van der Waals surface area contributed by atoms with E-state index in [1.165, 1.54) is 148 Å². The van der Waals surface area contributed by atoms with E-state index in [-0.39, 0.29) is 5.97 Å². The van der Waals surface area contributed by atoms with Crippen molar-refractivity contribution >= 4 is 5.97 Å². The number of carbonyl (C=O) groups excluding carboxylic acids is 1. The lowest BCUT2D eigenvalue weighted by molar-refractivity contribution is -0.145. The van der Waals surface area contributed by atoms with Crippen LogP contribution in [0.15, 0.2) is 0 Å². The van der Waals surface area contributed by atoms with E-state index in [1.54, 1.807) is 0 Å². The first-order chi connectivity index (χ1) is 17.1. The average Bonchev–Trinajstić information content (AvgIpc) is 2.84. The Balaban J connectivity index is 3.94. The van der Waals surface area contributed by atoms with Gasteiger partial charge in [-0.25, -0.2) is 0 Å². The van der Waals surface area contributed by atoms with E-state index in [0.29, 0.717) is 18.9 Å². The largest absolute Gasteiger partial charge is 0.465 e. The van der Waals surface area contributed by atoms with Crippen molar-refractivity contribution in [2.24, 2.45) is 11.8 Å². The molecule has 0 aromatic heterocycles. The van der Waals surface area contributed by atoms with Gasteiger partial charge in [-0.15, -0.1) is 0 Å². The van der Waals surface area contributed by atoms with E-state index in [4.69, 9.17) is 4.74 Å². The van der Waals surface area contributed by atoms with Crippen LogP contribution < -0.4 is 0 Å². The summed E-state index contributed by atoms with van der Waals surface area (Å²) >= 11 is 0. The highest BCUT2D eigenvalue weighted by Crippen LogP contribution is 2.20. The number of ether oxygens (including phenoxy) is 1.